The minimum Gasteiger partial charge on any atom is -0.375 e. The Morgan fingerprint density at radius 3 is 2.80 bits per heavy atom. The Labute approximate surface area is 148 Å². The van der Waals surface area contributed by atoms with Crippen LogP contribution in [0.1, 0.15) is 11.3 Å². The van der Waals surface area contributed by atoms with Crippen molar-refractivity contribution in [2.75, 3.05) is 5.73 Å². The maximum absolute atomic E-state index is 9.14. The van der Waals surface area contributed by atoms with Crippen LogP contribution in [-0.4, -0.2) is 15.0 Å². The topological polar surface area (TPSA) is 88.5 Å². The number of nitriles is 1. The Hall–Kier alpha value is -3.30. The van der Waals surface area contributed by atoms with Gasteiger partial charge in [-0.2, -0.15) is 5.26 Å². The molecule has 0 radical (unpaired) electrons. The summed E-state index contributed by atoms with van der Waals surface area (Å²) in [5.74, 6) is 0. The monoisotopic (exact) mass is 343 g/mol. The van der Waals surface area contributed by atoms with Gasteiger partial charge in [-0.15, -0.1) is 0 Å². The molecular weight excluding hydrogens is 330 g/mol. The molecule has 2 heterocycles. The van der Waals surface area contributed by atoms with Crippen LogP contribution in [0.5, 0.6) is 0 Å². The van der Waals surface area contributed by atoms with Crippen LogP contribution in [0.25, 0.3) is 32.6 Å². The van der Waals surface area contributed by atoms with Gasteiger partial charge in [-0.05, 0) is 36.8 Å². The van der Waals surface area contributed by atoms with Gasteiger partial charge in [0.25, 0.3) is 0 Å². The van der Waals surface area contributed by atoms with Gasteiger partial charge in [0, 0.05) is 16.6 Å². The summed E-state index contributed by atoms with van der Waals surface area (Å²) < 4.78 is 0. The van der Waals surface area contributed by atoms with Gasteiger partial charge in [-0.25, -0.2) is 15.0 Å². The Bertz CT molecular complexity index is 1140. The molecule has 4 rings (SSSR count). The molecule has 5 nitrogen and oxygen atoms in total. The zero-order valence-electron chi connectivity index (χ0n) is 13.4. The molecule has 0 atom stereocenters. The third-order valence-electron chi connectivity index (χ3n) is 4.01. The molecule has 6 heteroatoms. The fraction of sp³-hybridized carbons (Fsp3) is 0.0526. The summed E-state index contributed by atoms with van der Waals surface area (Å²) in [6, 6.07) is 15.6. The number of benzene rings is 2. The summed E-state index contributed by atoms with van der Waals surface area (Å²) in [5, 5.41) is 10.6. The van der Waals surface area contributed by atoms with Crippen molar-refractivity contribution in [2.24, 2.45) is 0 Å². The normalized spacial score (nSPS) is 10.7. The van der Waals surface area contributed by atoms with E-state index in [9.17, 15) is 0 Å². The predicted molar refractivity (Wildman–Crippen MR) is 99.9 cm³/mol. The molecule has 0 fully saturated rings. The van der Waals surface area contributed by atoms with Gasteiger partial charge < -0.3 is 5.73 Å². The van der Waals surface area contributed by atoms with Crippen LogP contribution in [-0.2, 0) is 0 Å². The van der Waals surface area contributed by atoms with E-state index in [4.69, 9.17) is 11.0 Å². The van der Waals surface area contributed by atoms with Crippen molar-refractivity contribution in [3.8, 4) is 27.8 Å². The molecule has 0 aliphatic carbocycles. The molecule has 0 amide bonds. The lowest BCUT2D eigenvalue weighted by Crippen LogP contribution is -1.89. The SMILES string of the molecule is Cc1ncnc2ccc(-c3sc(N)nc3-c3cccc(C#N)c3)cc12. The van der Waals surface area contributed by atoms with Crippen LogP contribution in [0.2, 0.25) is 0 Å². The maximum Gasteiger partial charge on any atom is 0.181 e. The second-order valence-electron chi connectivity index (χ2n) is 5.61. The molecule has 25 heavy (non-hydrogen) atoms. The van der Waals surface area contributed by atoms with E-state index >= 15 is 0 Å². The number of hydrogen-bond acceptors (Lipinski definition) is 6. The minimum absolute atomic E-state index is 0.494. The van der Waals surface area contributed by atoms with E-state index in [2.05, 4.69) is 27.1 Å². The fourth-order valence-corrected chi connectivity index (χ4v) is 3.64. The van der Waals surface area contributed by atoms with Crippen LogP contribution in [0.4, 0.5) is 5.13 Å². The molecule has 4 aromatic rings. The number of rotatable bonds is 2. The van der Waals surface area contributed by atoms with Gasteiger partial charge in [-0.3, -0.25) is 0 Å². The first-order valence-corrected chi connectivity index (χ1v) is 8.46. The highest BCUT2D eigenvalue weighted by Gasteiger charge is 2.15. The third kappa shape index (κ3) is 2.71. The van der Waals surface area contributed by atoms with E-state index in [1.165, 1.54) is 11.3 Å². The summed E-state index contributed by atoms with van der Waals surface area (Å²) in [6.45, 7) is 1.96. The Balaban J connectivity index is 1.92. The first kappa shape index (κ1) is 15.2. The number of nitrogens with two attached hydrogens (primary N) is 1. The number of aromatic nitrogens is 3. The van der Waals surface area contributed by atoms with Crippen LogP contribution in [0.3, 0.4) is 0 Å². The van der Waals surface area contributed by atoms with Gasteiger partial charge in [0.15, 0.2) is 5.13 Å². The molecule has 2 aromatic carbocycles. The van der Waals surface area contributed by atoms with Crippen LogP contribution >= 0.6 is 11.3 Å². The lowest BCUT2D eigenvalue weighted by Gasteiger charge is -2.06. The number of nitrogen functional groups attached to an aromatic ring is 1. The molecule has 0 spiro atoms. The molecule has 0 aliphatic rings. The molecule has 2 N–H and O–H groups in total. The molecular formula is C19H13N5S. The van der Waals surface area contributed by atoms with E-state index < -0.39 is 0 Å². The van der Waals surface area contributed by atoms with Crippen molar-refractivity contribution < 1.29 is 0 Å². The van der Waals surface area contributed by atoms with E-state index in [0.717, 1.165) is 38.3 Å². The van der Waals surface area contributed by atoms with Gasteiger partial charge in [-0.1, -0.05) is 29.5 Å². The fourth-order valence-electron chi connectivity index (χ4n) is 2.79. The van der Waals surface area contributed by atoms with E-state index in [1.807, 2.05) is 37.3 Å². The highest BCUT2D eigenvalue weighted by molar-refractivity contribution is 7.19. The van der Waals surface area contributed by atoms with E-state index in [0.29, 0.717) is 10.7 Å². The highest BCUT2D eigenvalue weighted by Crippen LogP contribution is 2.39. The summed E-state index contributed by atoms with van der Waals surface area (Å²) in [6.07, 6.45) is 1.57. The summed E-state index contributed by atoms with van der Waals surface area (Å²) in [7, 11) is 0. The van der Waals surface area contributed by atoms with Crippen LogP contribution in [0.15, 0.2) is 48.8 Å². The van der Waals surface area contributed by atoms with Crippen molar-refractivity contribution >= 4 is 27.4 Å². The number of nitrogens with zero attached hydrogens (tertiary/aromatic N) is 4. The molecule has 2 aromatic heterocycles. The lowest BCUT2D eigenvalue weighted by molar-refractivity contribution is 1.15. The standard InChI is InChI=1S/C19H13N5S/c1-11-15-8-14(5-6-16(15)23-10-22-11)18-17(24-19(21)25-18)13-4-2-3-12(7-13)9-20/h2-8,10H,1H3,(H2,21,24). The van der Waals surface area contributed by atoms with Crippen LogP contribution in [0, 0.1) is 18.3 Å². The maximum atomic E-state index is 9.14. The molecule has 120 valence electrons. The number of thiazole rings is 1. The zero-order valence-corrected chi connectivity index (χ0v) is 14.2. The number of fused-ring (bicyclic) bond motifs is 1. The van der Waals surface area contributed by atoms with Crippen molar-refractivity contribution in [1.82, 2.24) is 15.0 Å². The Morgan fingerprint density at radius 2 is 1.96 bits per heavy atom. The first-order valence-electron chi connectivity index (χ1n) is 7.64. The second kappa shape index (κ2) is 5.96. The van der Waals surface area contributed by atoms with E-state index in [1.54, 1.807) is 12.4 Å². The first-order chi connectivity index (χ1) is 12.2. The number of hydrogen-bond donors (Lipinski definition) is 1. The van der Waals surface area contributed by atoms with Gasteiger partial charge in [0.05, 0.1) is 27.7 Å². The highest BCUT2D eigenvalue weighted by atomic mass is 32.1. The summed E-state index contributed by atoms with van der Waals surface area (Å²) >= 11 is 1.43. The van der Waals surface area contributed by atoms with Gasteiger partial charge in [0.2, 0.25) is 0 Å². The average Bonchev–Trinajstić information content (AvgIpc) is 3.04. The van der Waals surface area contributed by atoms with Crippen molar-refractivity contribution in [3.63, 3.8) is 0 Å². The molecule has 0 aliphatic heterocycles. The molecule has 0 unspecified atom stereocenters. The van der Waals surface area contributed by atoms with Crippen molar-refractivity contribution in [2.45, 2.75) is 6.92 Å². The van der Waals surface area contributed by atoms with Gasteiger partial charge in [0.1, 0.15) is 6.33 Å². The molecule has 0 saturated carbocycles. The van der Waals surface area contributed by atoms with Gasteiger partial charge >= 0.3 is 0 Å². The Morgan fingerprint density at radius 1 is 1.08 bits per heavy atom. The molecule has 0 saturated heterocycles. The average molecular weight is 343 g/mol. The lowest BCUT2D eigenvalue weighted by atomic mass is 10.0. The number of anilines is 1. The number of aryl methyl sites for hydroxylation is 1. The minimum atomic E-state index is 0.494. The quantitative estimate of drug-likeness (QED) is 0.590. The van der Waals surface area contributed by atoms with Crippen molar-refractivity contribution in [3.05, 3.63) is 60.0 Å². The van der Waals surface area contributed by atoms with E-state index in [-0.39, 0.29) is 0 Å². The predicted octanol–water partition coefficient (Wildman–Crippen LogP) is 4.18. The largest absolute Gasteiger partial charge is 0.375 e. The van der Waals surface area contributed by atoms with Crippen molar-refractivity contribution in [1.29, 1.82) is 5.26 Å². The second-order valence-corrected chi connectivity index (χ2v) is 6.64. The molecule has 0 bridgehead atoms. The summed E-state index contributed by atoms with van der Waals surface area (Å²) in [5.41, 5.74) is 11.1. The Kier molecular flexibility index (Phi) is 3.64. The zero-order chi connectivity index (χ0) is 17.4. The van der Waals surface area contributed by atoms with Crippen LogP contribution < -0.4 is 5.73 Å². The smallest absolute Gasteiger partial charge is 0.181 e. The third-order valence-corrected chi connectivity index (χ3v) is 4.94. The summed E-state index contributed by atoms with van der Waals surface area (Å²) in [4.78, 5) is 14.0.